The van der Waals surface area contributed by atoms with Crippen molar-refractivity contribution in [2.75, 3.05) is 27.2 Å². The number of likely N-dealkylation sites (N-methyl/N-ethyl adjacent to an activating group) is 1. The molecule has 3 nitrogen and oxygen atoms in total. The molecule has 0 saturated carbocycles. The summed E-state index contributed by atoms with van der Waals surface area (Å²) < 4.78 is 4.93. The molecule has 0 bridgehead atoms. The Labute approximate surface area is 79.9 Å². The summed E-state index contributed by atoms with van der Waals surface area (Å²) >= 11 is 0. The molecule has 0 aliphatic heterocycles. The first kappa shape index (κ1) is 11.9. The quantitative estimate of drug-likeness (QED) is 0.493. The maximum atomic E-state index is 11.4. The number of quaternary nitrogens is 1. The Hall–Kier alpha value is -1.09. The van der Waals surface area contributed by atoms with Gasteiger partial charge in [-0.15, -0.1) is 0 Å². The molecule has 0 saturated heterocycles. The lowest BCUT2D eigenvalue weighted by atomic mass is 10.4. The Kier molecular flexibility index (Phi) is 5.07. The molecular weight excluding hydrogens is 166 g/mol. The van der Waals surface area contributed by atoms with E-state index >= 15 is 0 Å². The number of allylic oxidation sites excluding steroid dienone is 1. The summed E-state index contributed by atoms with van der Waals surface area (Å²) in [5, 5.41) is 0. The normalized spacial score (nSPS) is 15.3. The summed E-state index contributed by atoms with van der Waals surface area (Å²) in [6, 6.07) is 0. The number of hydrogen-bond acceptors (Lipinski definition) is 2. The number of carbonyl (C=O) groups is 1. The molecule has 0 aliphatic carbocycles. The maximum Gasteiger partial charge on any atom is 0.516 e. The van der Waals surface area contributed by atoms with Crippen LogP contribution in [0.1, 0.15) is 6.92 Å². The second-order valence-corrected chi connectivity index (χ2v) is 3.09. The van der Waals surface area contributed by atoms with Crippen molar-refractivity contribution in [1.82, 2.24) is 0 Å². The van der Waals surface area contributed by atoms with Crippen molar-refractivity contribution in [3.05, 3.63) is 24.8 Å². The van der Waals surface area contributed by atoms with Gasteiger partial charge in [-0.25, -0.2) is 4.48 Å². The number of rotatable bonds is 4. The monoisotopic (exact) mass is 184 g/mol. The van der Waals surface area contributed by atoms with Crippen molar-refractivity contribution in [2.45, 2.75) is 6.92 Å². The third-order valence-corrected chi connectivity index (χ3v) is 1.89. The van der Waals surface area contributed by atoms with Crippen LogP contribution in [0.25, 0.3) is 0 Å². The molecule has 1 amide bonds. The zero-order chi connectivity index (χ0) is 10.3. The van der Waals surface area contributed by atoms with Crippen LogP contribution < -0.4 is 0 Å². The lowest BCUT2D eigenvalue weighted by Crippen LogP contribution is -2.49. The van der Waals surface area contributed by atoms with Gasteiger partial charge in [0.05, 0.1) is 14.2 Å². The largest absolute Gasteiger partial charge is 0.516 e. The lowest BCUT2D eigenvalue weighted by molar-refractivity contribution is -0.825. The van der Waals surface area contributed by atoms with Crippen LogP contribution in [0.5, 0.6) is 0 Å². The zero-order valence-corrected chi connectivity index (χ0v) is 8.62. The van der Waals surface area contributed by atoms with E-state index in [1.54, 1.807) is 6.08 Å². The number of ether oxygens (including phenoxy) is 1. The third kappa shape index (κ3) is 3.42. The number of amides is 1. The van der Waals surface area contributed by atoms with Crippen molar-refractivity contribution in [3.63, 3.8) is 0 Å². The molecule has 74 valence electrons. The maximum absolute atomic E-state index is 11.4. The van der Waals surface area contributed by atoms with E-state index in [9.17, 15) is 4.79 Å². The summed E-state index contributed by atoms with van der Waals surface area (Å²) in [6.07, 6.45) is 5.35. The fourth-order valence-electron chi connectivity index (χ4n) is 1.07. The summed E-state index contributed by atoms with van der Waals surface area (Å²) in [4.78, 5) is 11.4. The summed E-state index contributed by atoms with van der Waals surface area (Å²) in [5.74, 6) is 0. The highest BCUT2D eigenvalue weighted by molar-refractivity contribution is 5.59. The van der Waals surface area contributed by atoms with Gasteiger partial charge in [-0.3, -0.25) is 0 Å². The van der Waals surface area contributed by atoms with E-state index in [4.69, 9.17) is 4.74 Å². The standard InChI is InChI=1S/C10H18NO2/c1-5-7-9-11(3,8-6-2)10(12)13-4/h5-7H,2,8-9H2,1,3-4H3/q+1. The van der Waals surface area contributed by atoms with E-state index in [1.165, 1.54) is 7.11 Å². The van der Waals surface area contributed by atoms with Gasteiger partial charge in [0, 0.05) is 0 Å². The van der Waals surface area contributed by atoms with Gasteiger partial charge in [0.25, 0.3) is 0 Å². The molecule has 1 atom stereocenters. The molecule has 0 aliphatic rings. The summed E-state index contributed by atoms with van der Waals surface area (Å²) in [6.45, 7) is 6.76. The third-order valence-electron chi connectivity index (χ3n) is 1.89. The van der Waals surface area contributed by atoms with Crippen LogP contribution in [-0.4, -0.2) is 37.8 Å². The van der Waals surface area contributed by atoms with Crippen LogP contribution >= 0.6 is 0 Å². The van der Waals surface area contributed by atoms with Crippen LogP contribution in [0.4, 0.5) is 4.79 Å². The number of hydrogen-bond donors (Lipinski definition) is 0. The number of carbonyl (C=O) groups excluding carboxylic acids is 1. The number of nitrogens with zero attached hydrogens (tertiary/aromatic N) is 1. The topological polar surface area (TPSA) is 26.3 Å². The SMILES string of the molecule is C=CC[N+](C)(CC=CC)C(=O)OC. The average Bonchev–Trinajstić information content (AvgIpc) is 2.14. The molecule has 13 heavy (non-hydrogen) atoms. The van der Waals surface area contributed by atoms with Crippen LogP contribution in [0.2, 0.25) is 0 Å². The lowest BCUT2D eigenvalue weighted by Gasteiger charge is -2.26. The fourth-order valence-corrected chi connectivity index (χ4v) is 1.07. The zero-order valence-electron chi connectivity index (χ0n) is 8.62. The second-order valence-electron chi connectivity index (χ2n) is 3.09. The van der Waals surface area contributed by atoms with Crippen molar-refractivity contribution in [2.24, 2.45) is 0 Å². The molecule has 0 rings (SSSR count). The molecule has 1 unspecified atom stereocenters. The van der Waals surface area contributed by atoms with Gasteiger partial charge in [0.2, 0.25) is 0 Å². The molecule has 0 spiro atoms. The van der Waals surface area contributed by atoms with Gasteiger partial charge in [0.1, 0.15) is 13.1 Å². The van der Waals surface area contributed by atoms with Gasteiger partial charge in [-0.05, 0) is 19.1 Å². The highest BCUT2D eigenvalue weighted by Gasteiger charge is 2.30. The summed E-state index contributed by atoms with van der Waals surface area (Å²) in [5.41, 5.74) is 0. The molecule has 0 aromatic heterocycles. The molecule has 0 radical (unpaired) electrons. The molecule has 0 aromatic carbocycles. The molecule has 0 aromatic rings. The molecular formula is C10H18NO2+. The number of methoxy groups -OCH3 is 1. The van der Waals surface area contributed by atoms with Gasteiger partial charge in [0.15, 0.2) is 0 Å². The van der Waals surface area contributed by atoms with E-state index in [-0.39, 0.29) is 10.6 Å². The average molecular weight is 184 g/mol. The van der Waals surface area contributed by atoms with Crippen LogP contribution in [0.15, 0.2) is 24.8 Å². The van der Waals surface area contributed by atoms with E-state index in [0.29, 0.717) is 13.1 Å². The first-order chi connectivity index (χ1) is 6.10. The van der Waals surface area contributed by atoms with Crippen molar-refractivity contribution in [1.29, 1.82) is 0 Å². The van der Waals surface area contributed by atoms with E-state index in [2.05, 4.69) is 6.58 Å². The highest BCUT2D eigenvalue weighted by Crippen LogP contribution is 2.06. The van der Waals surface area contributed by atoms with E-state index in [0.717, 1.165) is 0 Å². The Morgan fingerprint density at radius 1 is 1.54 bits per heavy atom. The predicted molar refractivity (Wildman–Crippen MR) is 53.3 cm³/mol. The second kappa shape index (κ2) is 5.54. The smallest absolute Gasteiger partial charge is 0.423 e. The van der Waals surface area contributed by atoms with Gasteiger partial charge >= 0.3 is 6.09 Å². The van der Waals surface area contributed by atoms with Gasteiger partial charge in [-0.1, -0.05) is 12.7 Å². The Morgan fingerprint density at radius 2 is 2.15 bits per heavy atom. The van der Waals surface area contributed by atoms with Gasteiger partial charge < -0.3 is 4.74 Å². The molecule has 0 N–H and O–H groups in total. The molecule has 0 fully saturated rings. The van der Waals surface area contributed by atoms with E-state index in [1.807, 2.05) is 26.1 Å². The fraction of sp³-hybridized carbons (Fsp3) is 0.500. The van der Waals surface area contributed by atoms with Crippen LogP contribution in [0.3, 0.4) is 0 Å². The van der Waals surface area contributed by atoms with Crippen molar-refractivity contribution >= 4 is 6.09 Å². The Bertz CT molecular complexity index is 211. The summed E-state index contributed by atoms with van der Waals surface area (Å²) in [7, 11) is 3.23. The van der Waals surface area contributed by atoms with Crippen molar-refractivity contribution < 1.29 is 14.0 Å². The minimum atomic E-state index is -0.238. The predicted octanol–water partition coefficient (Wildman–Crippen LogP) is 1.96. The molecule has 0 heterocycles. The Morgan fingerprint density at radius 3 is 2.54 bits per heavy atom. The first-order valence-corrected chi connectivity index (χ1v) is 4.26. The van der Waals surface area contributed by atoms with Gasteiger partial charge in [-0.2, -0.15) is 4.79 Å². The minimum Gasteiger partial charge on any atom is -0.423 e. The highest BCUT2D eigenvalue weighted by atomic mass is 16.5. The first-order valence-electron chi connectivity index (χ1n) is 4.26. The van der Waals surface area contributed by atoms with E-state index < -0.39 is 0 Å². The minimum absolute atomic E-state index is 0.213. The van der Waals surface area contributed by atoms with Crippen LogP contribution in [-0.2, 0) is 4.74 Å². The Balaban J connectivity index is 4.49. The van der Waals surface area contributed by atoms with Crippen LogP contribution in [0, 0.1) is 0 Å². The van der Waals surface area contributed by atoms with Crippen molar-refractivity contribution in [3.8, 4) is 0 Å². The molecule has 3 heteroatoms.